The van der Waals surface area contributed by atoms with Crippen molar-refractivity contribution in [1.29, 1.82) is 0 Å². The van der Waals surface area contributed by atoms with Gasteiger partial charge < -0.3 is 15.2 Å². The lowest BCUT2D eigenvalue weighted by molar-refractivity contribution is 0.150. The Kier molecular flexibility index (Phi) is 6.32. The second kappa shape index (κ2) is 7.51. The van der Waals surface area contributed by atoms with E-state index in [1.807, 2.05) is 24.3 Å². The quantitative estimate of drug-likeness (QED) is 0.758. The zero-order chi connectivity index (χ0) is 14.3. The Bertz CT molecular complexity index is 349. The van der Waals surface area contributed by atoms with E-state index in [-0.39, 0.29) is 5.54 Å². The number of rotatable bonds is 8. The molecule has 0 saturated heterocycles. The predicted octanol–water partition coefficient (Wildman–Crippen LogP) is 3.29. The van der Waals surface area contributed by atoms with Crippen LogP contribution in [-0.4, -0.2) is 24.3 Å². The fourth-order valence-corrected chi connectivity index (χ4v) is 2.38. The fraction of sp³-hybridized carbons (Fsp3) is 0.625. The molecule has 0 aliphatic heterocycles. The Balaban J connectivity index is 2.60. The van der Waals surface area contributed by atoms with Gasteiger partial charge in [0.1, 0.15) is 5.75 Å². The SMILES string of the molecule is CCC(CC)(CC)NCC(O)c1ccc(OC)cc1. The van der Waals surface area contributed by atoms with Gasteiger partial charge in [-0.15, -0.1) is 0 Å². The molecule has 1 aromatic carbocycles. The van der Waals surface area contributed by atoms with Crippen LogP contribution in [0, 0.1) is 0 Å². The molecule has 0 spiro atoms. The van der Waals surface area contributed by atoms with Gasteiger partial charge in [-0.1, -0.05) is 32.9 Å². The van der Waals surface area contributed by atoms with Crippen molar-refractivity contribution in [1.82, 2.24) is 5.32 Å². The lowest BCUT2D eigenvalue weighted by atomic mass is 9.89. The van der Waals surface area contributed by atoms with E-state index < -0.39 is 6.10 Å². The average molecular weight is 265 g/mol. The second-order valence-electron chi connectivity index (χ2n) is 5.01. The van der Waals surface area contributed by atoms with E-state index >= 15 is 0 Å². The van der Waals surface area contributed by atoms with Crippen LogP contribution >= 0.6 is 0 Å². The molecule has 1 unspecified atom stereocenters. The average Bonchev–Trinajstić information content (AvgIpc) is 2.49. The van der Waals surface area contributed by atoms with Crippen LogP contribution in [0.3, 0.4) is 0 Å². The Morgan fingerprint density at radius 1 is 1.11 bits per heavy atom. The lowest BCUT2D eigenvalue weighted by Gasteiger charge is -2.33. The first-order valence-corrected chi connectivity index (χ1v) is 7.17. The Labute approximate surface area is 117 Å². The Morgan fingerprint density at radius 2 is 1.63 bits per heavy atom. The summed E-state index contributed by atoms with van der Waals surface area (Å²) in [5.74, 6) is 0.814. The number of hydrogen-bond donors (Lipinski definition) is 2. The zero-order valence-electron chi connectivity index (χ0n) is 12.6. The van der Waals surface area contributed by atoms with Crippen molar-refractivity contribution in [3.63, 3.8) is 0 Å². The summed E-state index contributed by atoms with van der Waals surface area (Å²) in [6.45, 7) is 7.17. The molecule has 0 aliphatic carbocycles. The molecule has 0 fully saturated rings. The smallest absolute Gasteiger partial charge is 0.118 e. The van der Waals surface area contributed by atoms with Gasteiger partial charge in [0.05, 0.1) is 13.2 Å². The van der Waals surface area contributed by atoms with Gasteiger partial charge in [0, 0.05) is 12.1 Å². The van der Waals surface area contributed by atoms with Crippen molar-refractivity contribution in [3.8, 4) is 5.75 Å². The third kappa shape index (κ3) is 4.22. The van der Waals surface area contributed by atoms with E-state index in [1.165, 1.54) is 0 Å². The number of aliphatic hydroxyl groups is 1. The van der Waals surface area contributed by atoms with Gasteiger partial charge in [-0.2, -0.15) is 0 Å². The minimum absolute atomic E-state index is 0.146. The molecular formula is C16H27NO2. The molecule has 1 aromatic rings. The summed E-state index contributed by atoms with van der Waals surface area (Å²) in [7, 11) is 1.64. The molecule has 0 saturated carbocycles. The van der Waals surface area contributed by atoms with Crippen LogP contribution in [0.15, 0.2) is 24.3 Å². The minimum atomic E-state index is -0.477. The van der Waals surface area contributed by atoms with Crippen molar-refractivity contribution in [2.45, 2.75) is 51.7 Å². The van der Waals surface area contributed by atoms with Gasteiger partial charge in [0.25, 0.3) is 0 Å². The van der Waals surface area contributed by atoms with Gasteiger partial charge in [0.15, 0.2) is 0 Å². The van der Waals surface area contributed by atoms with Crippen LogP contribution in [0.4, 0.5) is 0 Å². The second-order valence-corrected chi connectivity index (χ2v) is 5.01. The minimum Gasteiger partial charge on any atom is -0.497 e. The molecular weight excluding hydrogens is 238 g/mol. The van der Waals surface area contributed by atoms with Crippen LogP contribution in [0.25, 0.3) is 0 Å². The summed E-state index contributed by atoms with van der Waals surface area (Å²) in [5, 5.41) is 13.8. The number of nitrogens with one attached hydrogen (secondary N) is 1. The molecule has 19 heavy (non-hydrogen) atoms. The zero-order valence-corrected chi connectivity index (χ0v) is 12.6. The largest absolute Gasteiger partial charge is 0.497 e. The van der Waals surface area contributed by atoms with Crippen molar-refractivity contribution >= 4 is 0 Å². The summed E-state index contributed by atoms with van der Waals surface area (Å²) < 4.78 is 5.12. The molecule has 0 amide bonds. The standard InChI is InChI=1S/C16H27NO2/c1-5-16(6-2,7-3)17-12-15(18)13-8-10-14(19-4)11-9-13/h8-11,15,17-18H,5-7,12H2,1-4H3. The van der Waals surface area contributed by atoms with E-state index in [2.05, 4.69) is 26.1 Å². The van der Waals surface area contributed by atoms with Gasteiger partial charge in [0.2, 0.25) is 0 Å². The van der Waals surface area contributed by atoms with E-state index in [1.54, 1.807) is 7.11 Å². The van der Waals surface area contributed by atoms with Gasteiger partial charge in [-0.3, -0.25) is 0 Å². The number of aliphatic hydroxyl groups excluding tert-OH is 1. The molecule has 1 atom stereocenters. The van der Waals surface area contributed by atoms with E-state index in [0.717, 1.165) is 30.6 Å². The highest BCUT2D eigenvalue weighted by Gasteiger charge is 2.24. The number of β-amino-alcohol motifs (C(OH)–C–C–N with tert-alkyl or cyclic N) is 1. The normalized spacial score (nSPS) is 13.3. The number of ether oxygens (including phenoxy) is 1. The molecule has 0 aliphatic rings. The fourth-order valence-electron chi connectivity index (χ4n) is 2.38. The van der Waals surface area contributed by atoms with Crippen molar-refractivity contribution in [2.75, 3.05) is 13.7 Å². The molecule has 0 heterocycles. The molecule has 0 radical (unpaired) electrons. The topological polar surface area (TPSA) is 41.5 Å². The molecule has 3 nitrogen and oxygen atoms in total. The molecule has 0 aromatic heterocycles. The van der Waals surface area contributed by atoms with Crippen LogP contribution in [0.1, 0.15) is 51.7 Å². The molecule has 1 rings (SSSR count). The number of methoxy groups -OCH3 is 1. The Hall–Kier alpha value is -1.06. The first-order chi connectivity index (χ1) is 9.10. The molecule has 108 valence electrons. The summed E-state index contributed by atoms with van der Waals surface area (Å²) >= 11 is 0. The van der Waals surface area contributed by atoms with Gasteiger partial charge in [-0.05, 0) is 37.0 Å². The van der Waals surface area contributed by atoms with E-state index in [9.17, 15) is 5.11 Å². The van der Waals surface area contributed by atoms with Gasteiger partial charge in [-0.25, -0.2) is 0 Å². The monoisotopic (exact) mass is 265 g/mol. The highest BCUT2D eigenvalue weighted by Crippen LogP contribution is 2.22. The summed E-state index contributed by atoms with van der Waals surface area (Å²) in [6, 6.07) is 7.59. The third-order valence-electron chi connectivity index (χ3n) is 4.20. The van der Waals surface area contributed by atoms with Crippen molar-refractivity contribution in [3.05, 3.63) is 29.8 Å². The maximum absolute atomic E-state index is 10.2. The van der Waals surface area contributed by atoms with Crippen LogP contribution in [-0.2, 0) is 0 Å². The first kappa shape index (κ1) is 16.0. The maximum Gasteiger partial charge on any atom is 0.118 e. The summed E-state index contributed by atoms with van der Waals surface area (Å²) in [5.41, 5.74) is 1.07. The predicted molar refractivity (Wildman–Crippen MR) is 79.6 cm³/mol. The van der Waals surface area contributed by atoms with Crippen LogP contribution < -0.4 is 10.1 Å². The maximum atomic E-state index is 10.2. The van der Waals surface area contributed by atoms with Crippen LogP contribution in [0.5, 0.6) is 5.75 Å². The molecule has 0 bridgehead atoms. The third-order valence-corrected chi connectivity index (χ3v) is 4.20. The van der Waals surface area contributed by atoms with Crippen molar-refractivity contribution in [2.24, 2.45) is 0 Å². The number of hydrogen-bond acceptors (Lipinski definition) is 3. The van der Waals surface area contributed by atoms with Gasteiger partial charge >= 0.3 is 0 Å². The first-order valence-electron chi connectivity index (χ1n) is 7.17. The lowest BCUT2D eigenvalue weighted by Crippen LogP contribution is -2.45. The Morgan fingerprint density at radius 3 is 2.05 bits per heavy atom. The summed E-state index contributed by atoms with van der Waals surface area (Å²) in [4.78, 5) is 0. The van der Waals surface area contributed by atoms with Crippen LogP contribution in [0.2, 0.25) is 0 Å². The summed E-state index contributed by atoms with van der Waals surface area (Å²) in [6.07, 6.45) is 2.76. The van der Waals surface area contributed by atoms with E-state index in [0.29, 0.717) is 6.54 Å². The molecule has 3 heteroatoms. The highest BCUT2D eigenvalue weighted by atomic mass is 16.5. The molecule has 2 N–H and O–H groups in total. The van der Waals surface area contributed by atoms with E-state index in [4.69, 9.17) is 4.74 Å². The highest BCUT2D eigenvalue weighted by molar-refractivity contribution is 5.28. The number of benzene rings is 1. The van der Waals surface area contributed by atoms with Crippen molar-refractivity contribution < 1.29 is 9.84 Å².